The summed E-state index contributed by atoms with van der Waals surface area (Å²) in [5.41, 5.74) is -6.20. The molecule has 0 spiro atoms. The fourth-order valence-corrected chi connectivity index (χ4v) is 0.944. The number of halogens is 14. The van der Waals surface area contributed by atoms with Gasteiger partial charge in [0, 0.05) is 0 Å². The molecule has 28 heavy (non-hydrogen) atoms. The van der Waals surface area contributed by atoms with Gasteiger partial charge in [-0.25, -0.2) is 17.9 Å². The smallest absolute Gasteiger partial charge is 0.267 e. The Balaban J connectivity index is -0.000000241. The van der Waals surface area contributed by atoms with Crippen LogP contribution in [-0.4, -0.2) is 51.6 Å². The zero-order valence-electron chi connectivity index (χ0n) is 12.7. The number of amides is 1. The molecule has 1 unspecified atom stereocenters. The largest absolute Gasteiger partial charge is 1.00 e. The third-order valence-corrected chi connectivity index (χ3v) is 2.51. The second-order valence-electron chi connectivity index (χ2n) is 3.40. The van der Waals surface area contributed by atoms with Gasteiger partial charge in [0.1, 0.15) is 0 Å². The van der Waals surface area contributed by atoms with Crippen LogP contribution in [0.2, 0.25) is 0 Å². The number of sulfonamides is 1. The van der Waals surface area contributed by atoms with Gasteiger partial charge < -0.3 is 0 Å². The number of carbonyl (C=O) groups excluding carboxylic acids is 1. The topological polar surface area (TPSA) is 72.5 Å². The maximum absolute atomic E-state index is 12.6. The summed E-state index contributed by atoms with van der Waals surface area (Å²) in [5, 5.41) is 0. The van der Waals surface area contributed by atoms with Crippen LogP contribution in [0.1, 0.15) is 0 Å². The first-order valence-electron chi connectivity index (χ1n) is 5.10. The first kappa shape index (κ1) is 35.5. The van der Waals surface area contributed by atoms with Crippen molar-refractivity contribution in [3.8, 4) is 0 Å². The molecule has 0 rings (SSSR count). The van der Waals surface area contributed by atoms with E-state index in [4.69, 9.17) is 0 Å². The van der Waals surface area contributed by atoms with Gasteiger partial charge in [0.05, 0.1) is 0 Å². The summed E-state index contributed by atoms with van der Waals surface area (Å²) in [6.07, 6.45) is -11.1. The molecule has 1 N–H and O–H groups in total. The maximum Gasteiger partial charge on any atom is 1.00 e. The van der Waals surface area contributed by atoms with Crippen LogP contribution in [0.5, 0.6) is 0 Å². The Bertz CT molecular complexity index is 545. The van der Waals surface area contributed by atoms with Crippen molar-refractivity contribution in [3.05, 3.63) is 0 Å². The molecule has 0 radical (unpaired) electrons. The van der Waals surface area contributed by atoms with Crippen LogP contribution in [0.4, 0.5) is 61.6 Å². The SMILES string of the molecule is FCC(F)(F)F.FCF.O=C(NS(=O)(=O)C(F)(F)F)C(F)(OF)C(F)(F)F.[K+]. The zero-order valence-corrected chi connectivity index (χ0v) is 16.7. The van der Waals surface area contributed by atoms with Crippen LogP contribution < -0.4 is 56.1 Å². The molecule has 0 aromatic carbocycles. The Hall–Kier alpha value is 0.0364. The molecule has 0 bridgehead atoms. The van der Waals surface area contributed by atoms with Crippen molar-refractivity contribution in [1.82, 2.24) is 4.72 Å². The van der Waals surface area contributed by atoms with E-state index in [1.54, 1.807) is 4.94 Å². The quantitative estimate of drug-likeness (QED) is 0.449. The molecule has 0 saturated heterocycles. The molecule has 0 aromatic rings. The minimum absolute atomic E-state index is 0. The summed E-state index contributed by atoms with van der Waals surface area (Å²) in [6, 6.07) is 0. The number of hydrogen-bond donors (Lipinski definition) is 1. The molecular weight excluding hydrogens is 499 g/mol. The van der Waals surface area contributed by atoms with Gasteiger partial charge in [-0.05, 0) is 4.53 Å². The third-order valence-electron chi connectivity index (χ3n) is 1.45. The Morgan fingerprint density at radius 2 is 1.14 bits per heavy atom. The van der Waals surface area contributed by atoms with Crippen LogP contribution in [0.15, 0.2) is 0 Å². The molecule has 5 nitrogen and oxygen atoms in total. The van der Waals surface area contributed by atoms with Crippen molar-refractivity contribution in [3.63, 3.8) is 0 Å². The Morgan fingerprint density at radius 1 is 0.857 bits per heavy atom. The summed E-state index contributed by atoms with van der Waals surface area (Å²) >= 11 is 0. The molecule has 0 aliphatic rings. The Labute approximate surface area is 188 Å². The van der Waals surface area contributed by atoms with Crippen LogP contribution >= 0.6 is 0 Å². The van der Waals surface area contributed by atoms with Gasteiger partial charge in [-0.3, -0.25) is 4.79 Å². The van der Waals surface area contributed by atoms with Crippen molar-refractivity contribution in [2.45, 2.75) is 23.7 Å². The number of hydrogen-bond acceptors (Lipinski definition) is 4. The first-order valence-corrected chi connectivity index (χ1v) is 6.58. The van der Waals surface area contributed by atoms with Crippen LogP contribution in [0.3, 0.4) is 0 Å². The van der Waals surface area contributed by atoms with Crippen molar-refractivity contribution in [2.24, 2.45) is 0 Å². The van der Waals surface area contributed by atoms with E-state index in [0.29, 0.717) is 0 Å². The second-order valence-corrected chi connectivity index (χ2v) is 5.07. The number of rotatable bonds is 3. The summed E-state index contributed by atoms with van der Waals surface area (Å²) in [4.78, 5) is 11.9. The van der Waals surface area contributed by atoms with Gasteiger partial charge >= 0.3 is 91.0 Å². The van der Waals surface area contributed by atoms with E-state index < -0.39 is 53.2 Å². The van der Waals surface area contributed by atoms with E-state index in [1.165, 1.54) is 0 Å². The molecule has 0 fully saturated rings. The van der Waals surface area contributed by atoms with E-state index in [0.717, 1.165) is 0 Å². The third kappa shape index (κ3) is 13.3. The van der Waals surface area contributed by atoms with Gasteiger partial charge in [-0.1, -0.05) is 0 Å². The standard InChI is InChI=1S/C4HF8NO4S.C2H2F4.CH2F2.K/c5-2(17-12,3(6,7)8)1(14)13-18(15,16)4(9,10)11;3-1-2(4,5)6;2-1-3;/h(H,13,14);1H2;1H2;/q;;;+1. The van der Waals surface area contributed by atoms with Crippen LogP contribution in [-0.2, 0) is 19.8 Å². The van der Waals surface area contributed by atoms with Crippen LogP contribution in [0, 0.1) is 0 Å². The van der Waals surface area contributed by atoms with Crippen molar-refractivity contribution < 1.29 is 131 Å². The van der Waals surface area contributed by atoms with E-state index in [2.05, 4.69) is 0 Å². The van der Waals surface area contributed by atoms with Crippen molar-refractivity contribution >= 4 is 15.9 Å². The minimum atomic E-state index is -6.64. The van der Waals surface area contributed by atoms with Crippen molar-refractivity contribution in [1.29, 1.82) is 0 Å². The van der Waals surface area contributed by atoms with Crippen molar-refractivity contribution in [2.75, 3.05) is 13.6 Å². The fraction of sp³-hybridized carbons (Fsp3) is 0.857. The Morgan fingerprint density at radius 3 is 1.29 bits per heavy atom. The normalized spacial score (nSPS) is 14.2. The van der Waals surface area contributed by atoms with E-state index >= 15 is 0 Å². The van der Waals surface area contributed by atoms with Gasteiger partial charge in [0.15, 0.2) is 6.67 Å². The molecule has 166 valence electrons. The molecule has 0 heterocycles. The number of alkyl halides is 13. The molecular formula is C7H5F14KNO4S+. The van der Waals surface area contributed by atoms with E-state index in [-0.39, 0.29) is 56.1 Å². The molecule has 1 atom stereocenters. The maximum atomic E-state index is 12.6. The zero-order chi connectivity index (χ0) is 22.9. The molecule has 0 aliphatic heterocycles. The van der Waals surface area contributed by atoms with E-state index in [9.17, 15) is 74.8 Å². The summed E-state index contributed by atoms with van der Waals surface area (Å²) < 4.78 is 175. The first-order chi connectivity index (χ1) is 11.7. The Kier molecular flexibility index (Phi) is 16.9. The predicted molar refractivity (Wildman–Crippen MR) is 54.3 cm³/mol. The molecule has 0 aromatic heterocycles. The number of carbonyl (C=O) groups is 1. The summed E-state index contributed by atoms with van der Waals surface area (Å²) in [5.74, 6) is -9.42. The average molecular weight is 504 g/mol. The molecule has 1 amide bonds. The van der Waals surface area contributed by atoms with E-state index in [1.807, 2.05) is 0 Å². The van der Waals surface area contributed by atoms with Gasteiger partial charge in [0.25, 0.3) is 0 Å². The van der Waals surface area contributed by atoms with Crippen LogP contribution in [0.25, 0.3) is 0 Å². The summed E-state index contributed by atoms with van der Waals surface area (Å²) in [6.45, 7) is -3.98. The average Bonchev–Trinajstić information content (AvgIpc) is 2.44. The minimum Gasteiger partial charge on any atom is -0.267 e. The van der Waals surface area contributed by atoms with Gasteiger partial charge in [-0.15, -0.1) is 4.94 Å². The van der Waals surface area contributed by atoms with Gasteiger partial charge in [0.2, 0.25) is 6.93 Å². The van der Waals surface area contributed by atoms with Gasteiger partial charge in [-0.2, -0.15) is 52.3 Å². The fourth-order valence-electron chi connectivity index (χ4n) is 0.453. The second kappa shape index (κ2) is 13.4. The molecule has 0 aliphatic carbocycles. The predicted octanol–water partition coefficient (Wildman–Crippen LogP) is 0.486. The molecule has 21 heteroatoms. The monoisotopic (exact) mass is 504 g/mol. The number of nitrogens with one attached hydrogen (secondary N) is 1. The molecule has 0 saturated carbocycles. The summed E-state index contributed by atoms with van der Waals surface area (Å²) in [7, 11) is -6.64.